The van der Waals surface area contributed by atoms with Crippen LogP contribution in [0.1, 0.15) is 24.8 Å². The molecule has 0 unspecified atom stereocenters. The SMILES string of the molecule is Brc1cccc(COc2c(Br)cccc2N2CCCCC2)c1. The van der Waals surface area contributed by atoms with Gasteiger partial charge in [-0.2, -0.15) is 0 Å². The Hall–Kier alpha value is -1.00. The van der Waals surface area contributed by atoms with Crippen molar-refractivity contribution < 1.29 is 4.74 Å². The Kier molecular flexibility index (Phi) is 5.42. The monoisotopic (exact) mass is 423 g/mol. The summed E-state index contributed by atoms with van der Waals surface area (Å²) in [7, 11) is 0. The van der Waals surface area contributed by atoms with Crippen molar-refractivity contribution in [1.82, 2.24) is 0 Å². The van der Waals surface area contributed by atoms with Gasteiger partial charge in [0, 0.05) is 17.6 Å². The topological polar surface area (TPSA) is 12.5 Å². The molecule has 2 aromatic rings. The van der Waals surface area contributed by atoms with Crippen molar-refractivity contribution in [3.05, 3.63) is 57.0 Å². The first-order chi connectivity index (χ1) is 10.7. The van der Waals surface area contributed by atoms with Gasteiger partial charge in [-0.1, -0.05) is 34.1 Å². The Bertz CT molecular complexity index is 639. The van der Waals surface area contributed by atoms with Gasteiger partial charge in [-0.15, -0.1) is 0 Å². The zero-order chi connectivity index (χ0) is 15.4. The normalized spacial score (nSPS) is 14.9. The zero-order valence-electron chi connectivity index (χ0n) is 12.4. The lowest BCUT2D eigenvalue weighted by atomic mass is 10.1. The van der Waals surface area contributed by atoms with Crippen LogP contribution in [0.3, 0.4) is 0 Å². The molecule has 1 fully saturated rings. The van der Waals surface area contributed by atoms with Crippen LogP contribution < -0.4 is 9.64 Å². The molecular formula is C18H19Br2NO. The largest absolute Gasteiger partial charge is 0.486 e. The molecule has 2 nitrogen and oxygen atoms in total. The van der Waals surface area contributed by atoms with Crippen molar-refractivity contribution in [2.45, 2.75) is 25.9 Å². The van der Waals surface area contributed by atoms with Gasteiger partial charge in [0.25, 0.3) is 0 Å². The van der Waals surface area contributed by atoms with Gasteiger partial charge in [0.05, 0.1) is 10.2 Å². The average Bonchev–Trinajstić information content (AvgIpc) is 2.54. The molecule has 0 amide bonds. The number of nitrogens with zero attached hydrogens (tertiary/aromatic N) is 1. The van der Waals surface area contributed by atoms with Gasteiger partial charge in [-0.05, 0) is 65.0 Å². The highest BCUT2D eigenvalue weighted by Crippen LogP contribution is 2.37. The van der Waals surface area contributed by atoms with Crippen LogP contribution in [0, 0.1) is 0 Å². The molecule has 1 saturated heterocycles. The molecule has 0 N–H and O–H groups in total. The van der Waals surface area contributed by atoms with Crippen LogP contribution in [0.4, 0.5) is 5.69 Å². The Morgan fingerprint density at radius 1 is 0.955 bits per heavy atom. The second-order valence-electron chi connectivity index (χ2n) is 5.55. The molecule has 1 aliphatic rings. The lowest BCUT2D eigenvalue weighted by Crippen LogP contribution is -2.29. The number of para-hydroxylation sites is 1. The minimum Gasteiger partial charge on any atom is -0.486 e. The number of ether oxygens (including phenoxy) is 1. The van der Waals surface area contributed by atoms with Gasteiger partial charge < -0.3 is 9.64 Å². The Morgan fingerprint density at radius 2 is 1.73 bits per heavy atom. The summed E-state index contributed by atoms with van der Waals surface area (Å²) in [6.07, 6.45) is 3.86. The summed E-state index contributed by atoms with van der Waals surface area (Å²) < 4.78 is 8.25. The van der Waals surface area contributed by atoms with E-state index >= 15 is 0 Å². The van der Waals surface area contributed by atoms with Crippen molar-refractivity contribution in [3.8, 4) is 5.75 Å². The second-order valence-corrected chi connectivity index (χ2v) is 7.32. The second kappa shape index (κ2) is 7.51. The molecule has 116 valence electrons. The number of piperidine rings is 1. The fourth-order valence-electron chi connectivity index (χ4n) is 2.81. The Balaban J connectivity index is 1.80. The molecule has 0 aliphatic carbocycles. The maximum Gasteiger partial charge on any atom is 0.157 e. The first kappa shape index (κ1) is 15.9. The molecule has 0 saturated carbocycles. The van der Waals surface area contributed by atoms with Crippen molar-refractivity contribution in [1.29, 1.82) is 0 Å². The third kappa shape index (κ3) is 3.85. The summed E-state index contributed by atoms with van der Waals surface area (Å²) in [6.45, 7) is 2.80. The first-order valence-electron chi connectivity index (χ1n) is 7.65. The van der Waals surface area contributed by atoms with Crippen molar-refractivity contribution >= 4 is 37.5 Å². The molecule has 0 atom stereocenters. The highest BCUT2D eigenvalue weighted by molar-refractivity contribution is 9.10. The van der Waals surface area contributed by atoms with E-state index < -0.39 is 0 Å². The summed E-state index contributed by atoms with van der Waals surface area (Å²) in [6, 6.07) is 14.5. The maximum atomic E-state index is 6.15. The minimum atomic E-state index is 0.572. The van der Waals surface area contributed by atoms with E-state index in [0.717, 1.165) is 33.3 Å². The zero-order valence-corrected chi connectivity index (χ0v) is 15.6. The highest BCUT2D eigenvalue weighted by atomic mass is 79.9. The molecular weight excluding hydrogens is 406 g/mol. The fraction of sp³-hybridized carbons (Fsp3) is 0.333. The molecule has 0 spiro atoms. The predicted molar refractivity (Wildman–Crippen MR) is 98.7 cm³/mol. The van der Waals surface area contributed by atoms with Gasteiger partial charge in [0.1, 0.15) is 6.61 Å². The molecule has 22 heavy (non-hydrogen) atoms. The van der Waals surface area contributed by atoms with E-state index in [2.05, 4.69) is 61.0 Å². The number of benzene rings is 2. The predicted octanol–water partition coefficient (Wildman–Crippen LogP) is 5.78. The molecule has 4 heteroatoms. The van der Waals surface area contributed by atoms with Crippen LogP contribution >= 0.6 is 31.9 Å². The smallest absolute Gasteiger partial charge is 0.157 e. The molecule has 2 aromatic carbocycles. The standard InChI is InChI=1S/C18H19Br2NO/c19-15-7-4-6-14(12-15)13-22-18-16(20)8-5-9-17(18)21-10-2-1-3-11-21/h4-9,12H,1-3,10-11,13H2. The average molecular weight is 425 g/mol. The third-order valence-corrected chi connectivity index (χ3v) is 5.03. The summed E-state index contributed by atoms with van der Waals surface area (Å²) in [4.78, 5) is 2.44. The third-order valence-electron chi connectivity index (χ3n) is 3.92. The Labute approximate surface area is 148 Å². The van der Waals surface area contributed by atoms with Crippen LogP contribution in [0.15, 0.2) is 51.4 Å². The van der Waals surface area contributed by atoms with Crippen LogP contribution in [0.2, 0.25) is 0 Å². The lowest BCUT2D eigenvalue weighted by Gasteiger charge is -2.30. The summed E-state index contributed by atoms with van der Waals surface area (Å²) in [5.41, 5.74) is 2.36. The van der Waals surface area contributed by atoms with Crippen LogP contribution in [0.25, 0.3) is 0 Å². The quantitative estimate of drug-likeness (QED) is 0.616. The van der Waals surface area contributed by atoms with Gasteiger partial charge >= 0.3 is 0 Å². The number of anilines is 1. The summed E-state index contributed by atoms with van der Waals surface area (Å²) in [5.74, 6) is 0.948. The first-order valence-corrected chi connectivity index (χ1v) is 9.23. The van der Waals surface area contributed by atoms with Gasteiger partial charge in [0.15, 0.2) is 5.75 Å². The number of halogens is 2. The number of hydrogen-bond donors (Lipinski definition) is 0. The molecule has 3 rings (SSSR count). The molecule has 1 aliphatic heterocycles. The van der Waals surface area contributed by atoms with Gasteiger partial charge in [-0.3, -0.25) is 0 Å². The molecule has 1 heterocycles. The van der Waals surface area contributed by atoms with Crippen LogP contribution in [-0.4, -0.2) is 13.1 Å². The van der Waals surface area contributed by atoms with E-state index in [9.17, 15) is 0 Å². The summed E-state index contributed by atoms with van der Waals surface area (Å²) >= 11 is 7.15. The van der Waals surface area contributed by atoms with Crippen LogP contribution in [-0.2, 0) is 6.61 Å². The maximum absolute atomic E-state index is 6.15. The number of hydrogen-bond acceptors (Lipinski definition) is 2. The molecule has 0 bridgehead atoms. The minimum absolute atomic E-state index is 0.572. The van der Waals surface area contributed by atoms with Gasteiger partial charge in [0.2, 0.25) is 0 Å². The number of rotatable bonds is 4. The lowest BCUT2D eigenvalue weighted by molar-refractivity contribution is 0.304. The van der Waals surface area contributed by atoms with Crippen molar-refractivity contribution in [3.63, 3.8) is 0 Å². The van der Waals surface area contributed by atoms with Crippen molar-refractivity contribution in [2.75, 3.05) is 18.0 Å². The van der Waals surface area contributed by atoms with E-state index in [1.807, 2.05) is 18.2 Å². The Morgan fingerprint density at radius 3 is 2.50 bits per heavy atom. The van der Waals surface area contributed by atoms with Gasteiger partial charge in [-0.25, -0.2) is 0 Å². The van der Waals surface area contributed by atoms with E-state index in [1.54, 1.807) is 0 Å². The van der Waals surface area contributed by atoms with Crippen LogP contribution in [0.5, 0.6) is 5.75 Å². The van der Waals surface area contributed by atoms with E-state index in [1.165, 1.54) is 24.9 Å². The molecule has 0 aromatic heterocycles. The van der Waals surface area contributed by atoms with E-state index in [-0.39, 0.29) is 0 Å². The summed E-state index contributed by atoms with van der Waals surface area (Å²) in [5, 5.41) is 0. The van der Waals surface area contributed by atoms with E-state index in [0.29, 0.717) is 6.61 Å². The fourth-order valence-corrected chi connectivity index (χ4v) is 3.72. The molecule has 0 radical (unpaired) electrons. The van der Waals surface area contributed by atoms with Crippen molar-refractivity contribution in [2.24, 2.45) is 0 Å². The highest BCUT2D eigenvalue weighted by Gasteiger charge is 2.17. The van der Waals surface area contributed by atoms with E-state index in [4.69, 9.17) is 4.74 Å².